The summed E-state index contributed by atoms with van der Waals surface area (Å²) >= 11 is 1.16. The van der Waals surface area contributed by atoms with Crippen molar-refractivity contribution in [3.63, 3.8) is 0 Å². The van der Waals surface area contributed by atoms with Gasteiger partial charge < -0.3 is 0 Å². The number of hydrogen-bond acceptors (Lipinski definition) is 4. The summed E-state index contributed by atoms with van der Waals surface area (Å²) in [4.78, 5) is 15.3. The number of para-hydroxylation sites is 1. The Kier molecular flexibility index (Phi) is 4.67. The highest BCUT2D eigenvalue weighted by Crippen LogP contribution is 2.24. The molecule has 0 unspecified atom stereocenters. The Labute approximate surface area is 103 Å². The molecule has 1 rings (SSSR count). The van der Waals surface area contributed by atoms with Gasteiger partial charge in [0, 0.05) is 5.56 Å². The van der Waals surface area contributed by atoms with Crippen molar-refractivity contribution in [1.82, 2.24) is 5.32 Å². The second kappa shape index (κ2) is 6.01. The van der Waals surface area contributed by atoms with E-state index < -0.39 is 5.82 Å². The summed E-state index contributed by atoms with van der Waals surface area (Å²) < 4.78 is 13.6. The van der Waals surface area contributed by atoms with Crippen LogP contribution in [0.5, 0.6) is 0 Å². The summed E-state index contributed by atoms with van der Waals surface area (Å²) in [7, 11) is 0. The van der Waals surface area contributed by atoms with E-state index in [0.29, 0.717) is 0 Å². The van der Waals surface area contributed by atoms with Gasteiger partial charge in [0.15, 0.2) is 17.1 Å². The maximum absolute atomic E-state index is 13.6. The second-order valence-corrected chi connectivity index (χ2v) is 3.85. The summed E-state index contributed by atoms with van der Waals surface area (Å²) in [6, 6.07) is 4.16. The van der Waals surface area contributed by atoms with Crippen LogP contribution < -0.4 is 5.32 Å². The number of Topliss-reactive ketones (excluding diaryl/α,β-unsaturated/α-hetero) is 1. The number of aliphatic imine (C=N–C) groups is 1. The lowest BCUT2D eigenvalue weighted by atomic mass is 10.1. The van der Waals surface area contributed by atoms with Crippen molar-refractivity contribution in [3.05, 3.63) is 29.6 Å². The lowest BCUT2D eigenvalue weighted by Crippen LogP contribution is -2.13. The Morgan fingerprint density at radius 3 is 2.82 bits per heavy atom. The van der Waals surface area contributed by atoms with Gasteiger partial charge >= 0.3 is 0 Å². The standard InChI is InChI=1S/C11H10FN3OS/c1-7(16)8-4-3-5-9(12)10(8)15-11(17-2)14-6-13/h3-5H,1-2H3,(H,14,15). The van der Waals surface area contributed by atoms with Gasteiger partial charge in [0.05, 0.1) is 0 Å². The van der Waals surface area contributed by atoms with Crippen LogP contribution >= 0.6 is 11.8 Å². The zero-order valence-corrected chi connectivity index (χ0v) is 10.1. The van der Waals surface area contributed by atoms with E-state index in [1.165, 1.54) is 25.1 Å². The molecule has 1 N–H and O–H groups in total. The molecule has 0 heterocycles. The van der Waals surface area contributed by atoms with Crippen LogP contribution in [0.1, 0.15) is 17.3 Å². The lowest BCUT2D eigenvalue weighted by molar-refractivity contribution is 0.101. The average molecular weight is 251 g/mol. The number of amidine groups is 1. The van der Waals surface area contributed by atoms with Gasteiger partial charge in [-0.1, -0.05) is 17.8 Å². The van der Waals surface area contributed by atoms with E-state index in [-0.39, 0.29) is 22.2 Å². The van der Waals surface area contributed by atoms with Gasteiger partial charge in [0.25, 0.3) is 0 Å². The minimum absolute atomic E-state index is 0.0490. The quantitative estimate of drug-likeness (QED) is 0.288. The minimum Gasteiger partial charge on any atom is -0.294 e. The molecule has 1 aromatic carbocycles. The molecule has 0 aliphatic rings. The molecular weight excluding hydrogens is 241 g/mol. The molecule has 4 nitrogen and oxygen atoms in total. The topological polar surface area (TPSA) is 65.2 Å². The Morgan fingerprint density at radius 1 is 1.59 bits per heavy atom. The molecule has 0 aliphatic carbocycles. The third-order valence-electron chi connectivity index (χ3n) is 1.94. The molecule has 6 heteroatoms. The van der Waals surface area contributed by atoms with E-state index in [0.717, 1.165) is 11.8 Å². The van der Waals surface area contributed by atoms with Gasteiger partial charge in [-0.3, -0.25) is 10.1 Å². The van der Waals surface area contributed by atoms with E-state index >= 15 is 0 Å². The number of nitrogens with one attached hydrogen (secondary N) is 1. The molecular formula is C11H10FN3OS. The average Bonchev–Trinajstić information content (AvgIpc) is 2.30. The highest BCUT2D eigenvalue weighted by atomic mass is 32.2. The normalized spacial score (nSPS) is 10.8. The van der Waals surface area contributed by atoms with Crippen molar-refractivity contribution < 1.29 is 9.18 Å². The first-order chi connectivity index (χ1) is 8.10. The van der Waals surface area contributed by atoms with Crippen LogP contribution in [0.2, 0.25) is 0 Å². The van der Waals surface area contributed by atoms with Crippen LogP contribution in [0.15, 0.2) is 23.2 Å². The lowest BCUT2D eigenvalue weighted by Gasteiger charge is -2.05. The number of thioether (sulfide) groups is 1. The van der Waals surface area contributed by atoms with Crippen LogP contribution in [0.4, 0.5) is 10.1 Å². The van der Waals surface area contributed by atoms with Gasteiger partial charge in [-0.2, -0.15) is 5.26 Å². The molecule has 0 atom stereocenters. The van der Waals surface area contributed by atoms with Crippen molar-refractivity contribution >= 4 is 28.4 Å². The van der Waals surface area contributed by atoms with Gasteiger partial charge in [0.1, 0.15) is 11.5 Å². The van der Waals surface area contributed by atoms with Gasteiger partial charge in [-0.15, -0.1) is 0 Å². The SMILES string of the molecule is CSC(=Nc1c(F)cccc1C(C)=O)NC#N. The molecule has 0 saturated heterocycles. The zero-order valence-electron chi connectivity index (χ0n) is 9.32. The van der Waals surface area contributed by atoms with Crippen LogP contribution in [-0.2, 0) is 0 Å². The Balaban J connectivity index is 3.30. The van der Waals surface area contributed by atoms with E-state index in [9.17, 15) is 9.18 Å². The van der Waals surface area contributed by atoms with Crippen LogP contribution in [0, 0.1) is 17.3 Å². The Morgan fingerprint density at radius 2 is 2.29 bits per heavy atom. The highest BCUT2D eigenvalue weighted by Gasteiger charge is 2.12. The van der Waals surface area contributed by atoms with Crippen molar-refractivity contribution in [3.8, 4) is 6.19 Å². The number of nitriles is 1. The predicted molar refractivity (Wildman–Crippen MR) is 65.8 cm³/mol. The van der Waals surface area contributed by atoms with Gasteiger partial charge in [0.2, 0.25) is 0 Å². The predicted octanol–water partition coefficient (Wildman–Crippen LogP) is 2.45. The molecule has 0 aliphatic heterocycles. The number of nitrogens with zero attached hydrogens (tertiary/aromatic N) is 2. The molecule has 0 amide bonds. The number of ketones is 1. The number of hydrogen-bond donors (Lipinski definition) is 1. The maximum Gasteiger partial charge on any atom is 0.183 e. The van der Waals surface area contributed by atoms with E-state index in [4.69, 9.17) is 5.26 Å². The molecule has 88 valence electrons. The number of benzene rings is 1. The van der Waals surface area contributed by atoms with Crippen molar-refractivity contribution in [2.45, 2.75) is 6.92 Å². The second-order valence-electron chi connectivity index (χ2n) is 3.05. The molecule has 0 radical (unpaired) electrons. The van der Waals surface area contributed by atoms with Gasteiger partial charge in [-0.25, -0.2) is 9.38 Å². The zero-order chi connectivity index (χ0) is 12.8. The molecule has 0 bridgehead atoms. The number of carbonyl (C=O) groups excluding carboxylic acids is 1. The van der Waals surface area contributed by atoms with Crippen molar-refractivity contribution in [1.29, 1.82) is 5.26 Å². The molecule has 17 heavy (non-hydrogen) atoms. The number of rotatable bonds is 2. The van der Waals surface area contributed by atoms with Crippen molar-refractivity contribution in [2.75, 3.05) is 6.26 Å². The van der Waals surface area contributed by atoms with E-state index in [2.05, 4.69) is 10.3 Å². The Hall–Kier alpha value is -1.87. The molecule has 0 fully saturated rings. The first-order valence-corrected chi connectivity index (χ1v) is 5.90. The van der Waals surface area contributed by atoms with E-state index in [1.54, 1.807) is 12.4 Å². The third kappa shape index (κ3) is 3.29. The third-order valence-corrected chi connectivity index (χ3v) is 2.52. The largest absolute Gasteiger partial charge is 0.294 e. The summed E-state index contributed by atoms with van der Waals surface area (Å²) in [5.74, 6) is -0.871. The summed E-state index contributed by atoms with van der Waals surface area (Å²) in [6.45, 7) is 1.34. The highest BCUT2D eigenvalue weighted by molar-refractivity contribution is 8.13. The fourth-order valence-corrected chi connectivity index (χ4v) is 1.52. The fourth-order valence-electron chi connectivity index (χ4n) is 1.19. The molecule has 0 aromatic heterocycles. The summed E-state index contributed by atoms with van der Waals surface area (Å²) in [6.07, 6.45) is 3.39. The van der Waals surface area contributed by atoms with Gasteiger partial charge in [-0.05, 0) is 25.3 Å². The summed E-state index contributed by atoms with van der Waals surface area (Å²) in [5.41, 5.74) is 0.142. The van der Waals surface area contributed by atoms with Crippen molar-refractivity contribution in [2.24, 2.45) is 4.99 Å². The fraction of sp³-hybridized carbons (Fsp3) is 0.182. The Bertz CT molecular complexity index is 508. The first kappa shape index (κ1) is 13.2. The van der Waals surface area contributed by atoms with Crippen LogP contribution in [0.3, 0.4) is 0 Å². The van der Waals surface area contributed by atoms with E-state index in [1.807, 2.05) is 0 Å². The monoisotopic (exact) mass is 251 g/mol. The number of carbonyl (C=O) groups is 1. The first-order valence-electron chi connectivity index (χ1n) is 4.67. The molecule has 1 aromatic rings. The maximum atomic E-state index is 13.6. The molecule has 0 saturated carbocycles. The number of halogens is 1. The minimum atomic E-state index is -0.594. The summed E-state index contributed by atoms with van der Waals surface area (Å²) in [5, 5.41) is 11.0. The smallest absolute Gasteiger partial charge is 0.183 e. The molecule has 0 spiro atoms. The van der Waals surface area contributed by atoms with Crippen LogP contribution in [-0.4, -0.2) is 17.2 Å². The van der Waals surface area contributed by atoms with Crippen LogP contribution in [0.25, 0.3) is 0 Å².